The number of fused-ring (bicyclic) bond motifs is 1. The number of alkyl halides is 1. The molecule has 1 aromatic carbocycles. The smallest absolute Gasteiger partial charge is 0.227 e. The van der Waals surface area contributed by atoms with Crippen LogP contribution in [0.2, 0.25) is 5.02 Å². The fourth-order valence-electron chi connectivity index (χ4n) is 5.38. The number of aliphatic hydroxyl groups excluding tert-OH is 1. The predicted octanol–water partition coefficient (Wildman–Crippen LogP) is 3.52. The molecule has 2 aromatic heterocycles. The number of hydrogen-bond acceptors (Lipinski definition) is 7. The molecule has 180 valence electrons. The number of halogens is 2. The molecule has 2 aliphatic heterocycles. The highest BCUT2D eigenvalue weighted by Crippen LogP contribution is 2.43. The van der Waals surface area contributed by atoms with E-state index in [1.54, 1.807) is 6.20 Å². The maximum atomic E-state index is 15.4. The van der Waals surface area contributed by atoms with Gasteiger partial charge in [-0.3, -0.25) is 9.58 Å². The van der Waals surface area contributed by atoms with Crippen molar-refractivity contribution in [3.05, 3.63) is 40.8 Å². The van der Waals surface area contributed by atoms with Gasteiger partial charge in [-0.1, -0.05) is 11.6 Å². The highest BCUT2D eigenvalue weighted by molar-refractivity contribution is 6.32. The molecule has 10 heteroatoms. The SMILES string of the molecule is Cn1ncc(Nc2ncc3cc(Cl)c([C@@H]4CCN([C@H]5COC[C@H]5O)C[C@H]4F)cc3n2)c1C1CC1. The van der Waals surface area contributed by atoms with Gasteiger partial charge in [-0.25, -0.2) is 14.4 Å². The van der Waals surface area contributed by atoms with E-state index in [0.29, 0.717) is 43.1 Å². The molecular weight excluding hydrogens is 459 g/mol. The summed E-state index contributed by atoms with van der Waals surface area (Å²) < 4.78 is 22.6. The molecule has 34 heavy (non-hydrogen) atoms. The summed E-state index contributed by atoms with van der Waals surface area (Å²) in [5.74, 6) is 0.696. The van der Waals surface area contributed by atoms with Gasteiger partial charge in [0, 0.05) is 42.0 Å². The maximum absolute atomic E-state index is 15.4. The Bertz CT molecular complexity index is 1220. The number of piperidine rings is 1. The van der Waals surface area contributed by atoms with Gasteiger partial charge in [-0.05, 0) is 43.5 Å². The van der Waals surface area contributed by atoms with Crippen molar-refractivity contribution in [2.45, 2.75) is 49.4 Å². The van der Waals surface area contributed by atoms with E-state index in [1.807, 2.05) is 35.0 Å². The number of hydrogen-bond donors (Lipinski definition) is 2. The third-order valence-corrected chi connectivity index (χ3v) is 7.68. The van der Waals surface area contributed by atoms with Crippen molar-refractivity contribution in [2.75, 3.05) is 31.6 Å². The van der Waals surface area contributed by atoms with Gasteiger partial charge >= 0.3 is 0 Å². The number of likely N-dealkylation sites (tertiary alicyclic amines) is 1. The summed E-state index contributed by atoms with van der Waals surface area (Å²) in [7, 11) is 1.95. The molecular formula is C24H28ClFN6O2. The Hall–Kier alpha value is -2.33. The lowest BCUT2D eigenvalue weighted by Crippen LogP contribution is -2.50. The van der Waals surface area contributed by atoms with Gasteiger partial charge in [0.15, 0.2) is 0 Å². The van der Waals surface area contributed by atoms with Crippen molar-refractivity contribution in [2.24, 2.45) is 7.05 Å². The Morgan fingerprint density at radius 2 is 2.06 bits per heavy atom. The molecule has 4 atom stereocenters. The Kier molecular flexibility index (Phi) is 5.68. The van der Waals surface area contributed by atoms with E-state index in [2.05, 4.69) is 15.4 Å². The number of aromatic nitrogens is 4. The first-order valence-electron chi connectivity index (χ1n) is 11.9. The number of aryl methyl sites for hydroxylation is 1. The van der Waals surface area contributed by atoms with Crippen LogP contribution in [0.5, 0.6) is 0 Å². The molecule has 2 saturated heterocycles. The quantitative estimate of drug-likeness (QED) is 0.570. The average molecular weight is 487 g/mol. The van der Waals surface area contributed by atoms with Crippen LogP contribution in [0.3, 0.4) is 0 Å². The second-order valence-electron chi connectivity index (χ2n) is 9.67. The predicted molar refractivity (Wildman–Crippen MR) is 127 cm³/mol. The van der Waals surface area contributed by atoms with E-state index in [0.717, 1.165) is 22.2 Å². The third kappa shape index (κ3) is 4.04. The minimum atomic E-state index is -1.09. The number of ether oxygens (including phenoxy) is 1. The topological polar surface area (TPSA) is 88.3 Å². The Morgan fingerprint density at radius 3 is 2.79 bits per heavy atom. The monoisotopic (exact) mass is 486 g/mol. The first-order valence-corrected chi connectivity index (χ1v) is 12.2. The minimum absolute atomic E-state index is 0.138. The summed E-state index contributed by atoms with van der Waals surface area (Å²) in [6.45, 7) is 1.70. The molecule has 0 radical (unpaired) electrons. The van der Waals surface area contributed by atoms with Crippen LogP contribution >= 0.6 is 11.6 Å². The number of anilines is 2. The Balaban J connectivity index is 1.24. The number of rotatable bonds is 5. The van der Waals surface area contributed by atoms with Crippen molar-refractivity contribution in [3.63, 3.8) is 0 Å². The highest BCUT2D eigenvalue weighted by Gasteiger charge is 2.39. The lowest BCUT2D eigenvalue weighted by Gasteiger charge is -2.39. The van der Waals surface area contributed by atoms with E-state index in [1.165, 1.54) is 18.5 Å². The summed E-state index contributed by atoms with van der Waals surface area (Å²) in [6.07, 6.45) is 4.86. The van der Waals surface area contributed by atoms with Crippen molar-refractivity contribution >= 4 is 34.1 Å². The molecule has 0 spiro atoms. The van der Waals surface area contributed by atoms with E-state index in [9.17, 15) is 5.11 Å². The largest absolute Gasteiger partial charge is 0.389 e. The normalized spacial score (nSPS) is 28.0. The summed E-state index contributed by atoms with van der Waals surface area (Å²) in [5.41, 5.74) is 3.59. The van der Waals surface area contributed by atoms with Crippen LogP contribution in [0.1, 0.15) is 42.4 Å². The van der Waals surface area contributed by atoms with E-state index in [4.69, 9.17) is 21.3 Å². The Morgan fingerprint density at radius 1 is 1.21 bits per heavy atom. The molecule has 3 fully saturated rings. The summed E-state index contributed by atoms with van der Waals surface area (Å²) in [4.78, 5) is 11.2. The molecule has 3 aliphatic rings. The zero-order valence-electron chi connectivity index (χ0n) is 19.0. The number of aliphatic hydroxyl groups is 1. The van der Waals surface area contributed by atoms with Crippen LogP contribution in [0.15, 0.2) is 24.5 Å². The average Bonchev–Trinajstić information content (AvgIpc) is 3.45. The van der Waals surface area contributed by atoms with Crippen molar-refractivity contribution in [1.82, 2.24) is 24.6 Å². The van der Waals surface area contributed by atoms with Gasteiger partial charge in [0.25, 0.3) is 0 Å². The van der Waals surface area contributed by atoms with Gasteiger partial charge in [0.05, 0.1) is 48.5 Å². The zero-order chi connectivity index (χ0) is 23.4. The lowest BCUT2D eigenvalue weighted by molar-refractivity contribution is 0.0353. The lowest BCUT2D eigenvalue weighted by atomic mass is 9.86. The molecule has 1 aliphatic carbocycles. The van der Waals surface area contributed by atoms with Crippen molar-refractivity contribution < 1.29 is 14.2 Å². The highest BCUT2D eigenvalue weighted by atomic mass is 35.5. The summed E-state index contributed by atoms with van der Waals surface area (Å²) >= 11 is 6.60. The number of nitrogens with one attached hydrogen (secondary N) is 1. The third-order valence-electron chi connectivity index (χ3n) is 7.36. The fourth-order valence-corrected chi connectivity index (χ4v) is 5.69. The van der Waals surface area contributed by atoms with Crippen LogP contribution in [0.4, 0.5) is 16.0 Å². The molecule has 6 rings (SSSR count). The van der Waals surface area contributed by atoms with Crippen LogP contribution in [-0.2, 0) is 11.8 Å². The first-order chi connectivity index (χ1) is 16.5. The van der Waals surface area contributed by atoms with Crippen molar-refractivity contribution in [3.8, 4) is 0 Å². The van der Waals surface area contributed by atoms with Crippen LogP contribution in [0, 0.1) is 0 Å². The molecule has 8 nitrogen and oxygen atoms in total. The molecule has 1 saturated carbocycles. The van der Waals surface area contributed by atoms with Crippen LogP contribution < -0.4 is 5.32 Å². The zero-order valence-corrected chi connectivity index (χ0v) is 19.7. The summed E-state index contributed by atoms with van der Waals surface area (Å²) in [5, 5.41) is 19.2. The number of benzene rings is 1. The van der Waals surface area contributed by atoms with Gasteiger partial charge < -0.3 is 15.2 Å². The molecule has 3 aromatic rings. The van der Waals surface area contributed by atoms with Gasteiger partial charge in [0.1, 0.15) is 6.17 Å². The molecule has 0 bridgehead atoms. The van der Waals surface area contributed by atoms with Gasteiger partial charge in [-0.2, -0.15) is 5.10 Å². The first kappa shape index (κ1) is 22.2. The van der Waals surface area contributed by atoms with E-state index < -0.39 is 12.3 Å². The number of nitrogens with zero attached hydrogens (tertiary/aromatic N) is 5. The van der Waals surface area contributed by atoms with Crippen LogP contribution in [0.25, 0.3) is 10.9 Å². The molecule has 0 unspecified atom stereocenters. The van der Waals surface area contributed by atoms with Gasteiger partial charge in [-0.15, -0.1) is 0 Å². The molecule has 2 N–H and O–H groups in total. The second kappa shape index (κ2) is 8.71. The van der Waals surface area contributed by atoms with Crippen molar-refractivity contribution in [1.29, 1.82) is 0 Å². The second-order valence-corrected chi connectivity index (χ2v) is 10.1. The van der Waals surface area contributed by atoms with E-state index >= 15 is 4.39 Å². The van der Waals surface area contributed by atoms with E-state index in [-0.39, 0.29) is 18.5 Å². The maximum Gasteiger partial charge on any atom is 0.227 e. The molecule has 4 heterocycles. The Labute approximate surface area is 202 Å². The van der Waals surface area contributed by atoms with Crippen LogP contribution in [-0.4, -0.2) is 74.4 Å². The summed E-state index contributed by atoms with van der Waals surface area (Å²) in [6, 6.07) is 3.58. The molecule has 0 amide bonds. The fraction of sp³-hybridized carbons (Fsp3) is 0.542. The minimum Gasteiger partial charge on any atom is -0.389 e. The standard InChI is InChI=1S/C24H28ClFN6O2/c1-31-23(13-2-3-13)20(9-28-31)30-24-27-8-14-6-17(25)16(7-19(14)29-24)15-4-5-32(10-18(15)26)21-11-34-12-22(21)33/h6-9,13,15,18,21-22,33H,2-5,10-12H2,1H3,(H,27,29,30)/t15-,18+,21-,22+/m0/s1. The van der Waals surface area contributed by atoms with Gasteiger partial charge in [0.2, 0.25) is 5.95 Å².